The van der Waals surface area contributed by atoms with Crippen LogP contribution in [0, 0.1) is 0 Å². The molecular formula is C27H33N3O6. The van der Waals surface area contributed by atoms with E-state index in [1.807, 2.05) is 24.3 Å². The normalized spacial score (nSPS) is 10.6. The quantitative estimate of drug-likeness (QED) is 0.174. The van der Waals surface area contributed by atoms with Gasteiger partial charge in [-0.3, -0.25) is 9.59 Å². The Balaban J connectivity index is 1.53. The zero-order valence-electron chi connectivity index (χ0n) is 21.0. The predicted molar refractivity (Wildman–Crippen MR) is 137 cm³/mol. The lowest BCUT2D eigenvalue weighted by Crippen LogP contribution is -2.04. The van der Waals surface area contributed by atoms with Gasteiger partial charge in [-0.05, 0) is 31.0 Å². The fraction of sp³-hybridized carbons (Fsp3) is 0.407. The number of anilines is 2. The Hall–Kier alpha value is -3.88. The SMILES string of the molecule is COc1cc2ncnc(Nc3cccc(OCCCCCCCCOC(C)=O)c3)c2cc1OC(C)=O. The van der Waals surface area contributed by atoms with E-state index in [9.17, 15) is 9.59 Å². The summed E-state index contributed by atoms with van der Waals surface area (Å²) in [5.41, 5.74) is 1.46. The molecule has 36 heavy (non-hydrogen) atoms. The van der Waals surface area contributed by atoms with E-state index in [1.54, 1.807) is 12.1 Å². The molecule has 1 aromatic heterocycles. The molecule has 0 aliphatic rings. The highest BCUT2D eigenvalue weighted by Crippen LogP contribution is 2.35. The van der Waals surface area contributed by atoms with Gasteiger partial charge in [0, 0.05) is 37.1 Å². The number of nitrogens with zero attached hydrogens (tertiary/aromatic N) is 2. The highest BCUT2D eigenvalue weighted by Gasteiger charge is 2.13. The minimum atomic E-state index is -0.442. The number of hydrogen-bond donors (Lipinski definition) is 1. The zero-order valence-corrected chi connectivity index (χ0v) is 21.0. The van der Waals surface area contributed by atoms with Crippen LogP contribution in [-0.2, 0) is 14.3 Å². The maximum atomic E-state index is 11.5. The number of carbonyl (C=O) groups is 2. The van der Waals surface area contributed by atoms with Crippen LogP contribution in [0.4, 0.5) is 11.5 Å². The third-order valence-electron chi connectivity index (χ3n) is 5.38. The van der Waals surface area contributed by atoms with Crippen molar-refractivity contribution in [3.8, 4) is 17.2 Å². The molecule has 9 heteroatoms. The minimum Gasteiger partial charge on any atom is -0.494 e. The first-order valence-electron chi connectivity index (χ1n) is 12.1. The van der Waals surface area contributed by atoms with Crippen LogP contribution in [0.1, 0.15) is 52.4 Å². The van der Waals surface area contributed by atoms with Gasteiger partial charge in [-0.25, -0.2) is 9.97 Å². The number of nitrogens with one attached hydrogen (secondary N) is 1. The number of benzene rings is 2. The van der Waals surface area contributed by atoms with Gasteiger partial charge in [0.25, 0.3) is 0 Å². The van der Waals surface area contributed by atoms with Crippen LogP contribution >= 0.6 is 0 Å². The minimum absolute atomic E-state index is 0.217. The molecule has 0 unspecified atom stereocenters. The third-order valence-corrected chi connectivity index (χ3v) is 5.38. The van der Waals surface area contributed by atoms with E-state index < -0.39 is 5.97 Å². The molecule has 0 aliphatic carbocycles. The van der Waals surface area contributed by atoms with Crippen LogP contribution in [0.5, 0.6) is 17.2 Å². The Morgan fingerprint density at radius 3 is 2.33 bits per heavy atom. The molecule has 1 heterocycles. The number of fused-ring (bicyclic) bond motifs is 1. The van der Waals surface area contributed by atoms with Crippen LogP contribution < -0.4 is 19.5 Å². The fourth-order valence-corrected chi connectivity index (χ4v) is 3.68. The predicted octanol–water partition coefficient (Wildman–Crippen LogP) is 5.59. The second-order valence-electron chi connectivity index (χ2n) is 8.30. The molecule has 192 valence electrons. The number of carbonyl (C=O) groups excluding carboxylic acids is 2. The summed E-state index contributed by atoms with van der Waals surface area (Å²) in [5, 5.41) is 3.99. The number of aromatic nitrogens is 2. The summed E-state index contributed by atoms with van der Waals surface area (Å²) in [4.78, 5) is 30.9. The molecule has 9 nitrogen and oxygen atoms in total. The van der Waals surface area contributed by atoms with Crippen LogP contribution in [0.3, 0.4) is 0 Å². The molecule has 0 saturated carbocycles. The standard InChI is InChI=1S/C27H33N3O6/c1-19(31)34-13-8-6-4-5-7-9-14-35-22-12-10-11-21(15-22)30-27-23-16-26(36-20(2)32)25(33-3)17-24(23)28-18-29-27/h10-12,15-18H,4-9,13-14H2,1-3H3,(H,28,29,30). The highest BCUT2D eigenvalue weighted by atomic mass is 16.6. The Kier molecular flexibility index (Phi) is 10.3. The van der Waals surface area contributed by atoms with Gasteiger partial charge in [-0.1, -0.05) is 31.7 Å². The Bertz CT molecular complexity index is 1170. The van der Waals surface area contributed by atoms with E-state index in [0.717, 1.165) is 50.0 Å². The first-order chi connectivity index (χ1) is 17.5. The van der Waals surface area contributed by atoms with Crippen molar-refractivity contribution >= 4 is 34.3 Å². The molecule has 0 spiro atoms. The van der Waals surface area contributed by atoms with E-state index >= 15 is 0 Å². The van der Waals surface area contributed by atoms with Gasteiger partial charge in [-0.15, -0.1) is 0 Å². The molecule has 0 bridgehead atoms. The molecule has 0 saturated heterocycles. The first-order valence-corrected chi connectivity index (χ1v) is 12.1. The molecule has 3 rings (SSSR count). The summed E-state index contributed by atoms with van der Waals surface area (Å²) in [5.74, 6) is 1.40. The maximum absolute atomic E-state index is 11.5. The average Bonchev–Trinajstić information content (AvgIpc) is 2.85. The van der Waals surface area contributed by atoms with Crippen molar-refractivity contribution < 1.29 is 28.5 Å². The Morgan fingerprint density at radius 2 is 1.61 bits per heavy atom. The van der Waals surface area contributed by atoms with Crippen molar-refractivity contribution in [2.24, 2.45) is 0 Å². The Morgan fingerprint density at radius 1 is 0.861 bits per heavy atom. The number of methoxy groups -OCH3 is 1. The van der Waals surface area contributed by atoms with Crippen molar-refractivity contribution in [1.82, 2.24) is 9.97 Å². The number of hydrogen-bond acceptors (Lipinski definition) is 9. The summed E-state index contributed by atoms with van der Waals surface area (Å²) in [6.45, 7) is 3.92. The molecule has 2 aromatic carbocycles. The van der Waals surface area contributed by atoms with E-state index in [-0.39, 0.29) is 5.97 Å². The topological polar surface area (TPSA) is 109 Å². The second-order valence-corrected chi connectivity index (χ2v) is 8.30. The van der Waals surface area contributed by atoms with Crippen LogP contribution in [-0.4, -0.2) is 42.2 Å². The van der Waals surface area contributed by atoms with Gasteiger partial charge >= 0.3 is 11.9 Å². The van der Waals surface area contributed by atoms with Gasteiger partial charge in [0.1, 0.15) is 17.9 Å². The molecule has 0 fully saturated rings. The lowest BCUT2D eigenvalue weighted by molar-refractivity contribution is -0.141. The average molecular weight is 496 g/mol. The number of ether oxygens (including phenoxy) is 4. The van der Waals surface area contributed by atoms with Crippen LogP contribution in [0.15, 0.2) is 42.7 Å². The molecule has 0 radical (unpaired) electrons. The summed E-state index contributed by atoms with van der Waals surface area (Å²) < 4.78 is 21.5. The third kappa shape index (κ3) is 8.41. The molecule has 0 amide bonds. The largest absolute Gasteiger partial charge is 0.494 e. The fourth-order valence-electron chi connectivity index (χ4n) is 3.68. The number of unbranched alkanes of at least 4 members (excludes halogenated alkanes) is 5. The molecular weight excluding hydrogens is 462 g/mol. The van der Waals surface area contributed by atoms with Gasteiger partial charge in [0.15, 0.2) is 11.5 Å². The first kappa shape index (κ1) is 26.7. The molecule has 0 atom stereocenters. The number of rotatable bonds is 14. The Labute approximate surface area is 211 Å². The van der Waals surface area contributed by atoms with E-state index in [1.165, 1.54) is 27.3 Å². The van der Waals surface area contributed by atoms with Crippen molar-refractivity contribution in [3.63, 3.8) is 0 Å². The summed E-state index contributed by atoms with van der Waals surface area (Å²) in [6.07, 6.45) is 7.76. The second kappa shape index (κ2) is 13.9. The van der Waals surface area contributed by atoms with Crippen LogP contribution in [0.2, 0.25) is 0 Å². The molecule has 3 aromatic rings. The van der Waals surface area contributed by atoms with E-state index in [2.05, 4.69) is 15.3 Å². The number of esters is 2. The van der Waals surface area contributed by atoms with Gasteiger partial charge < -0.3 is 24.3 Å². The van der Waals surface area contributed by atoms with Gasteiger partial charge in [0.05, 0.1) is 25.8 Å². The highest BCUT2D eigenvalue weighted by molar-refractivity contribution is 5.93. The van der Waals surface area contributed by atoms with Crippen molar-refractivity contribution in [1.29, 1.82) is 0 Å². The molecule has 0 aliphatic heterocycles. The molecule has 1 N–H and O–H groups in total. The summed E-state index contributed by atoms with van der Waals surface area (Å²) in [7, 11) is 1.51. The lowest BCUT2D eigenvalue weighted by atomic mass is 10.1. The van der Waals surface area contributed by atoms with Gasteiger partial charge in [0.2, 0.25) is 0 Å². The van der Waals surface area contributed by atoms with E-state index in [0.29, 0.717) is 41.4 Å². The lowest BCUT2D eigenvalue weighted by Gasteiger charge is -2.13. The smallest absolute Gasteiger partial charge is 0.308 e. The summed E-state index contributed by atoms with van der Waals surface area (Å²) >= 11 is 0. The monoisotopic (exact) mass is 495 g/mol. The van der Waals surface area contributed by atoms with E-state index in [4.69, 9.17) is 18.9 Å². The summed E-state index contributed by atoms with van der Waals surface area (Å²) in [6, 6.07) is 11.1. The van der Waals surface area contributed by atoms with Crippen molar-refractivity contribution in [2.45, 2.75) is 52.4 Å². The zero-order chi connectivity index (χ0) is 25.8. The van der Waals surface area contributed by atoms with Crippen molar-refractivity contribution in [2.75, 3.05) is 25.6 Å². The van der Waals surface area contributed by atoms with Crippen LogP contribution in [0.25, 0.3) is 10.9 Å². The van der Waals surface area contributed by atoms with Gasteiger partial charge in [-0.2, -0.15) is 0 Å². The van der Waals surface area contributed by atoms with Crippen molar-refractivity contribution in [3.05, 3.63) is 42.7 Å². The maximum Gasteiger partial charge on any atom is 0.308 e.